The molecule has 4 heterocycles. The smallest absolute Gasteiger partial charge is 0.310 e. The number of esters is 1. The number of amides is 3. The molecule has 1 unspecified atom stereocenters. The van der Waals surface area contributed by atoms with Gasteiger partial charge >= 0.3 is 5.97 Å². The fraction of sp³-hybridized carbons (Fsp3) is 0.500. The summed E-state index contributed by atoms with van der Waals surface area (Å²) in [5.41, 5.74) is 0. The first-order chi connectivity index (χ1) is 16.9. The molecule has 3 amide bonds. The van der Waals surface area contributed by atoms with Gasteiger partial charge < -0.3 is 30.1 Å². The number of fused-ring (bicyclic) bond motifs is 2. The predicted molar refractivity (Wildman–Crippen MR) is 125 cm³/mol. The molecule has 0 aliphatic carbocycles. The summed E-state index contributed by atoms with van der Waals surface area (Å²) in [4.78, 5) is 53.3. The average molecular weight is 502 g/mol. The van der Waals surface area contributed by atoms with E-state index in [2.05, 4.69) is 10.6 Å². The van der Waals surface area contributed by atoms with Gasteiger partial charge in [0.15, 0.2) is 0 Å². The number of nitrogens with one attached hydrogen (secondary N) is 2. The van der Waals surface area contributed by atoms with Gasteiger partial charge in [-0.3, -0.25) is 19.2 Å². The number of carbonyl (C=O) groups is 4. The van der Waals surface area contributed by atoms with E-state index in [1.54, 1.807) is 0 Å². The number of nitrogens with zero attached hydrogens (tertiary/aromatic N) is 1. The Labute approximate surface area is 205 Å². The van der Waals surface area contributed by atoms with Gasteiger partial charge in [-0.2, -0.15) is 0 Å². The van der Waals surface area contributed by atoms with Crippen LogP contribution in [0.5, 0.6) is 0 Å². The molecule has 186 valence electrons. The van der Waals surface area contributed by atoms with Crippen molar-refractivity contribution in [1.82, 2.24) is 15.5 Å². The molecular formula is C24H27N3O7S. The van der Waals surface area contributed by atoms with Gasteiger partial charge in [0.2, 0.25) is 18.1 Å². The van der Waals surface area contributed by atoms with Crippen molar-refractivity contribution in [3.63, 3.8) is 0 Å². The molecule has 10 nitrogen and oxygen atoms in total. The van der Waals surface area contributed by atoms with Crippen molar-refractivity contribution in [1.29, 1.82) is 0 Å². The largest absolute Gasteiger partial charge is 0.434 e. The number of morpholine rings is 1. The van der Waals surface area contributed by atoms with Crippen LogP contribution in [0.25, 0.3) is 10.1 Å². The van der Waals surface area contributed by atoms with Crippen LogP contribution in [0.2, 0.25) is 0 Å². The van der Waals surface area contributed by atoms with Gasteiger partial charge in [0.1, 0.15) is 18.1 Å². The highest BCUT2D eigenvalue weighted by molar-refractivity contribution is 7.20. The Morgan fingerprint density at radius 1 is 1.09 bits per heavy atom. The summed E-state index contributed by atoms with van der Waals surface area (Å²) >= 11 is 1.37. The standard InChI is InChI=1S/C24H27N3O7S/c28-20-10-16(24(32)34-20)26-21(29)17-12-33-11-14-6-2-3-7-15(23(31)27(14)17)25-22(30)19-9-13-5-1-4-8-18(13)35-19/h1,4-5,8-9,14-17,24,32H,2-3,6-7,10-12H2,(H,25,30)(H,26,29)/t14-,15-,16-,17-,24?/m0/s1. The summed E-state index contributed by atoms with van der Waals surface area (Å²) in [5.74, 6) is -1.78. The van der Waals surface area contributed by atoms with Crippen LogP contribution in [0.15, 0.2) is 30.3 Å². The first kappa shape index (κ1) is 23.7. The summed E-state index contributed by atoms with van der Waals surface area (Å²) < 4.78 is 11.3. The fourth-order valence-electron chi connectivity index (χ4n) is 4.92. The van der Waals surface area contributed by atoms with Crippen LogP contribution in [0, 0.1) is 0 Å². The molecule has 0 saturated carbocycles. The van der Waals surface area contributed by atoms with Crippen molar-refractivity contribution in [2.24, 2.45) is 0 Å². The fourth-order valence-corrected chi connectivity index (χ4v) is 5.89. The van der Waals surface area contributed by atoms with Gasteiger partial charge in [-0.25, -0.2) is 0 Å². The number of ether oxygens (including phenoxy) is 2. The van der Waals surface area contributed by atoms with Gasteiger partial charge in [0.25, 0.3) is 5.91 Å². The Hall–Kier alpha value is -3.02. The second kappa shape index (κ2) is 9.92. The molecule has 2 aromatic rings. The number of hydrogen-bond acceptors (Lipinski definition) is 8. The molecule has 3 aliphatic heterocycles. The topological polar surface area (TPSA) is 134 Å². The highest BCUT2D eigenvalue weighted by atomic mass is 32.1. The van der Waals surface area contributed by atoms with Gasteiger partial charge in [0, 0.05) is 4.70 Å². The lowest BCUT2D eigenvalue weighted by atomic mass is 9.95. The molecule has 1 aromatic heterocycles. The number of benzene rings is 1. The maximum absolute atomic E-state index is 13.7. The van der Waals surface area contributed by atoms with E-state index in [0.717, 1.165) is 22.9 Å². The Kier molecular flexibility index (Phi) is 6.72. The molecule has 5 atom stereocenters. The van der Waals surface area contributed by atoms with Gasteiger partial charge in [-0.05, 0) is 30.4 Å². The van der Waals surface area contributed by atoms with E-state index in [4.69, 9.17) is 9.47 Å². The Balaban J connectivity index is 1.33. The van der Waals surface area contributed by atoms with Crippen LogP contribution < -0.4 is 10.6 Å². The second-order valence-corrected chi connectivity index (χ2v) is 10.2. The quantitative estimate of drug-likeness (QED) is 0.531. The van der Waals surface area contributed by atoms with E-state index in [1.807, 2.05) is 30.3 Å². The highest BCUT2D eigenvalue weighted by Crippen LogP contribution is 2.27. The van der Waals surface area contributed by atoms with Crippen LogP contribution >= 0.6 is 11.3 Å². The van der Waals surface area contributed by atoms with E-state index < -0.39 is 36.3 Å². The predicted octanol–water partition coefficient (Wildman–Crippen LogP) is 0.920. The minimum Gasteiger partial charge on any atom is -0.434 e. The van der Waals surface area contributed by atoms with E-state index in [-0.39, 0.29) is 30.9 Å². The normalized spacial score (nSPS) is 29.2. The zero-order valence-corrected chi connectivity index (χ0v) is 19.8. The van der Waals surface area contributed by atoms with Gasteiger partial charge in [0.05, 0.1) is 30.6 Å². The van der Waals surface area contributed by atoms with E-state index in [1.165, 1.54) is 16.2 Å². The molecule has 0 bridgehead atoms. The summed E-state index contributed by atoms with van der Waals surface area (Å²) in [6.07, 6.45) is 1.16. The minimum atomic E-state index is -1.43. The zero-order valence-electron chi connectivity index (χ0n) is 19.0. The van der Waals surface area contributed by atoms with Crippen molar-refractivity contribution in [3.05, 3.63) is 35.2 Å². The average Bonchev–Trinajstić information content (AvgIpc) is 3.41. The first-order valence-electron chi connectivity index (χ1n) is 11.8. The maximum Gasteiger partial charge on any atom is 0.310 e. The molecule has 3 saturated heterocycles. The molecule has 11 heteroatoms. The molecule has 0 spiro atoms. The third kappa shape index (κ3) is 4.89. The first-order valence-corrected chi connectivity index (χ1v) is 12.6. The molecule has 1 aromatic carbocycles. The molecule has 0 radical (unpaired) electrons. The third-order valence-electron chi connectivity index (χ3n) is 6.72. The Bertz CT molecular complexity index is 1120. The van der Waals surface area contributed by atoms with E-state index >= 15 is 0 Å². The molecular weight excluding hydrogens is 474 g/mol. The second-order valence-electron chi connectivity index (χ2n) is 9.11. The SMILES string of the molecule is O=C1C[C@H](NC(=O)[C@@H]2COC[C@@H]3CCCC[C@H](NC(=O)c4cc5ccccc5s4)C(=O)N32)C(O)O1. The number of thiophene rings is 1. The molecule has 3 N–H and O–H groups in total. The van der Waals surface area contributed by atoms with E-state index in [9.17, 15) is 24.3 Å². The van der Waals surface area contributed by atoms with Crippen LogP contribution in [0.3, 0.4) is 0 Å². The van der Waals surface area contributed by atoms with Crippen LogP contribution in [-0.2, 0) is 23.9 Å². The maximum atomic E-state index is 13.7. The number of aliphatic hydroxyl groups excluding tert-OH is 1. The Morgan fingerprint density at radius 3 is 2.66 bits per heavy atom. The lowest BCUT2D eigenvalue weighted by Gasteiger charge is -2.44. The zero-order chi connectivity index (χ0) is 24.5. The van der Waals surface area contributed by atoms with Crippen molar-refractivity contribution in [3.8, 4) is 0 Å². The Morgan fingerprint density at radius 2 is 1.89 bits per heavy atom. The highest BCUT2D eigenvalue weighted by Gasteiger charge is 2.44. The summed E-state index contributed by atoms with van der Waals surface area (Å²) in [6, 6.07) is 6.61. The van der Waals surface area contributed by atoms with Crippen molar-refractivity contribution >= 4 is 45.1 Å². The van der Waals surface area contributed by atoms with E-state index in [0.29, 0.717) is 24.3 Å². The molecule has 3 fully saturated rings. The van der Waals surface area contributed by atoms with Crippen molar-refractivity contribution < 1.29 is 33.8 Å². The number of cyclic esters (lactones) is 1. The molecule has 35 heavy (non-hydrogen) atoms. The van der Waals surface area contributed by atoms with Gasteiger partial charge in [-0.1, -0.05) is 31.0 Å². The van der Waals surface area contributed by atoms with Crippen LogP contribution in [-0.4, -0.2) is 77.4 Å². The molecule has 5 rings (SSSR count). The van der Waals surface area contributed by atoms with Gasteiger partial charge in [-0.15, -0.1) is 11.3 Å². The lowest BCUT2D eigenvalue weighted by molar-refractivity contribution is -0.160. The monoisotopic (exact) mass is 501 g/mol. The minimum absolute atomic E-state index is 0.0112. The summed E-state index contributed by atoms with van der Waals surface area (Å²) in [7, 11) is 0. The van der Waals surface area contributed by atoms with Crippen LogP contribution in [0.1, 0.15) is 41.8 Å². The summed E-state index contributed by atoms with van der Waals surface area (Å²) in [6.45, 7) is 0.294. The number of hydrogen-bond donors (Lipinski definition) is 3. The van der Waals surface area contributed by atoms with Crippen molar-refractivity contribution in [2.45, 2.75) is 62.6 Å². The number of rotatable bonds is 4. The third-order valence-corrected chi connectivity index (χ3v) is 7.83. The lowest BCUT2D eigenvalue weighted by Crippen LogP contribution is -2.65. The summed E-state index contributed by atoms with van der Waals surface area (Å²) in [5, 5.41) is 16.3. The number of carbonyl (C=O) groups excluding carboxylic acids is 4. The molecule has 3 aliphatic rings. The number of aliphatic hydroxyl groups is 1. The van der Waals surface area contributed by atoms with Crippen molar-refractivity contribution in [2.75, 3.05) is 13.2 Å². The van der Waals surface area contributed by atoms with Crippen LogP contribution in [0.4, 0.5) is 0 Å².